The molecule has 26 heavy (non-hydrogen) atoms. The van der Waals surface area contributed by atoms with E-state index in [1.165, 1.54) is 4.90 Å². The average molecular weight is 368 g/mol. The molecule has 0 aromatic rings. The highest BCUT2D eigenvalue weighted by Crippen LogP contribution is 2.35. The van der Waals surface area contributed by atoms with Gasteiger partial charge in [-0.2, -0.15) is 0 Å². The van der Waals surface area contributed by atoms with Crippen LogP contribution in [0.15, 0.2) is 0 Å². The fraction of sp³-hybridized carbons (Fsp3) is 0.850. The molecular weight excluding hydrogens is 330 g/mol. The number of amides is 4. The Morgan fingerprint density at radius 1 is 1.00 bits per heavy atom. The second-order valence-electron chi connectivity index (χ2n) is 9.56. The molecule has 0 radical (unpaired) electrons. The second kappa shape index (κ2) is 9.38. The number of nitrogens with one attached hydrogen (secondary N) is 2. The summed E-state index contributed by atoms with van der Waals surface area (Å²) in [6, 6.07) is -0.188. The van der Waals surface area contributed by atoms with Crippen molar-refractivity contribution in [3.05, 3.63) is 0 Å². The van der Waals surface area contributed by atoms with E-state index < -0.39 is 0 Å². The molecule has 6 nitrogen and oxygen atoms in total. The third kappa shape index (κ3) is 7.75. The van der Waals surface area contributed by atoms with Crippen LogP contribution >= 0.6 is 0 Å². The summed E-state index contributed by atoms with van der Waals surface area (Å²) in [6.45, 7) is 14.1. The molecule has 1 saturated heterocycles. The van der Waals surface area contributed by atoms with Gasteiger partial charge < -0.3 is 10.6 Å². The van der Waals surface area contributed by atoms with E-state index in [1.54, 1.807) is 0 Å². The van der Waals surface area contributed by atoms with E-state index in [0.29, 0.717) is 37.9 Å². The molecule has 1 fully saturated rings. The Morgan fingerprint density at radius 3 is 2.08 bits per heavy atom. The molecule has 150 valence electrons. The predicted octanol–water partition coefficient (Wildman–Crippen LogP) is 3.31. The first-order valence-corrected chi connectivity index (χ1v) is 9.78. The zero-order chi connectivity index (χ0) is 20.0. The van der Waals surface area contributed by atoms with E-state index >= 15 is 0 Å². The van der Waals surface area contributed by atoms with Crippen molar-refractivity contribution in [3.63, 3.8) is 0 Å². The number of hydrogen-bond acceptors (Lipinski definition) is 3. The minimum absolute atomic E-state index is 0.0780. The lowest BCUT2D eigenvalue weighted by molar-refractivity contribution is -0.140. The van der Waals surface area contributed by atoms with Gasteiger partial charge in [0.2, 0.25) is 11.8 Å². The molecule has 6 heteroatoms. The maximum atomic E-state index is 12.4. The molecule has 0 aliphatic carbocycles. The average Bonchev–Trinajstić information content (AvgIpc) is 2.77. The molecular formula is C20H37N3O3. The Hall–Kier alpha value is -1.59. The summed E-state index contributed by atoms with van der Waals surface area (Å²) in [7, 11) is 0. The van der Waals surface area contributed by atoms with Crippen molar-refractivity contribution in [1.29, 1.82) is 0 Å². The molecule has 0 aromatic carbocycles. The van der Waals surface area contributed by atoms with Gasteiger partial charge in [0.25, 0.3) is 0 Å². The summed E-state index contributed by atoms with van der Waals surface area (Å²) in [4.78, 5) is 37.5. The van der Waals surface area contributed by atoms with E-state index in [2.05, 4.69) is 31.4 Å². The van der Waals surface area contributed by atoms with E-state index in [1.807, 2.05) is 20.8 Å². The minimum atomic E-state index is -0.237. The van der Waals surface area contributed by atoms with Crippen LogP contribution in [0.4, 0.5) is 4.79 Å². The topological polar surface area (TPSA) is 78.5 Å². The summed E-state index contributed by atoms with van der Waals surface area (Å²) in [5, 5.41) is 5.63. The van der Waals surface area contributed by atoms with E-state index in [-0.39, 0.29) is 29.2 Å². The first kappa shape index (κ1) is 22.5. The van der Waals surface area contributed by atoms with Crippen molar-refractivity contribution in [2.75, 3.05) is 19.6 Å². The molecule has 1 heterocycles. The molecule has 2 N–H and O–H groups in total. The van der Waals surface area contributed by atoms with Crippen LogP contribution in [0.5, 0.6) is 0 Å². The summed E-state index contributed by atoms with van der Waals surface area (Å²) < 4.78 is 0. The lowest BCUT2D eigenvalue weighted by Crippen LogP contribution is -2.39. The highest BCUT2D eigenvalue weighted by molar-refractivity contribution is 6.03. The number of carbonyl (C=O) groups is 3. The van der Waals surface area contributed by atoms with Crippen molar-refractivity contribution in [2.45, 2.75) is 73.6 Å². The number of carbonyl (C=O) groups excluding carboxylic acids is 3. The molecule has 1 atom stereocenters. The highest BCUT2D eigenvalue weighted by Gasteiger charge is 2.44. The zero-order valence-corrected chi connectivity index (χ0v) is 17.4. The molecule has 4 amide bonds. The SMILES string of the molecule is CC(C)(C)CCCCNC(=O)NCCCN1C(=O)CC(C(C)(C)C)C1=O. The van der Waals surface area contributed by atoms with Crippen molar-refractivity contribution in [1.82, 2.24) is 15.5 Å². The van der Waals surface area contributed by atoms with Crippen LogP contribution in [0, 0.1) is 16.7 Å². The number of nitrogens with zero attached hydrogens (tertiary/aromatic N) is 1. The molecule has 0 spiro atoms. The number of unbranched alkanes of at least 4 members (excludes halogenated alkanes) is 1. The van der Waals surface area contributed by atoms with Crippen LogP contribution < -0.4 is 10.6 Å². The summed E-state index contributed by atoms with van der Waals surface area (Å²) in [5.41, 5.74) is 0.130. The maximum absolute atomic E-state index is 12.4. The Labute approximate surface area is 158 Å². The van der Waals surface area contributed by atoms with Gasteiger partial charge in [-0.1, -0.05) is 48.0 Å². The number of rotatable bonds is 8. The van der Waals surface area contributed by atoms with Gasteiger partial charge in [0.05, 0.1) is 5.92 Å². The Bertz CT molecular complexity index is 503. The normalized spacial score (nSPS) is 18.4. The van der Waals surface area contributed by atoms with E-state index in [0.717, 1.165) is 19.3 Å². The number of hydrogen-bond donors (Lipinski definition) is 2. The van der Waals surface area contributed by atoms with Gasteiger partial charge in [0.15, 0.2) is 0 Å². The van der Waals surface area contributed by atoms with Gasteiger partial charge in [0, 0.05) is 26.1 Å². The Kier molecular flexibility index (Phi) is 8.10. The van der Waals surface area contributed by atoms with E-state index in [9.17, 15) is 14.4 Å². The summed E-state index contributed by atoms with van der Waals surface area (Å²) >= 11 is 0. The molecule has 0 saturated carbocycles. The third-order valence-corrected chi connectivity index (χ3v) is 4.77. The smallest absolute Gasteiger partial charge is 0.314 e. The summed E-state index contributed by atoms with van der Waals surface area (Å²) in [5.74, 6) is -0.414. The molecule has 1 aliphatic rings. The first-order chi connectivity index (χ1) is 11.9. The fourth-order valence-corrected chi connectivity index (χ4v) is 3.08. The number of likely N-dealkylation sites (tertiary alicyclic amines) is 1. The van der Waals surface area contributed by atoms with Crippen LogP contribution in [-0.4, -0.2) is 42.4 Å². The lowest BCUT2D eigenvalue weighted by Gasteiger charge is -2.24. The quantitative estimate of drug-likeness (QED) is 0.510. The van der Waals surface area contributed by atoms with Gasteiger partial charge >= 0.3 is 6.03 Å². The van der Waals surface area contributed by atoms with E-state index in [4.69, 9.17) is 0 Å². The Morgan fingerprint density at radius 2 is 1.58 bits per heavy atom. The van der Waals surface area contributed by atoms with Crippen molar-refractivity contribution in [2.24, 2.45) is 16.7 Å². The lowest BCUT2D eigenvalue weighted by atomic mass is 9.80. The van der Waals surface area contributed by atoms with Gasteiger partial charge in [-0.15, -0.1) is 0 Å². The van der Waals surface area contributed by atoms with Gasteiger partial charge in [-0.25, -0.2) is 4.79 Å². The molecule has 0 aromatic heterocycles. The zero-order valence-electron chi connectivity index (χ0n) is 17.4. The van der Waals surface area contributed by atoms with Crippen LogP contribution in [0.3, 0.4) is 0 Å². The third-order valence-electron chi connectivity index (χ3n) is 4.77. The second-order valence-corrected chi connectivity index (χ2v) is 9.56. The van der Waals surface area contributed by atoms with Gasteiger partial charge in [-0.05, 0) is 30.1 Å². The fourth-order valence-electron chi connectivity index (χ4n) is 3.08. The van der Waals surface area contributed by atoms with Crippen LogP contribution in [0.2, 0.25) is 0 Å². The van der Waals surface area contributed by atoms with Crippen molar-refractivity contribution < 1.29 is 14.4 Å². The minimum Gasteiger partial charge on any atom is -0.338 e. The largest absolute Gasteiger partial charge is 0.338 e. The monoisotopic (exact) mass is 367 g/mol. The van der Waals surface area contributed by atoms with Crippen LogP contribution in [0.25, 0.3) is 0 Å². The highest BCUT2D eigenvalue weighted by atomic mass is 16.2. The van der Waals surface area contributed by atoms with Gasteiger partial charge in [0.1, 0.15) is 0 Å². The van der Waals surface area contributed by atoms with Crippen molar-refractivity contribution >= 4 is 17.8 Å². The van der Waals surface area contributed by atoms with Crippen LogP contribution in [0.1, 0.15) is 73.6 Å². The number of urea groups is 1. The summed E-state index contributed by atoms with van der Waals surface area (Å²) in [6.07, 6.45) is 4.08. The van der Waals surface area contributed by atoms with Gasteiger partial charge in [-0.3, -0.25) is 14.5 Å². The van der Waals surface area contributed by atoms with Crippen LogP contribution in [-0.2, 0) is 9.59 Å². The molecule has 1 rings (SSSR count). The standard InChI is InChI=1S/C20H37N3O3/c1-19(2,3)10-7-8-11-21-18(26)22-12-9-13-23-16(24)14-15(17(23)25)20(4,5)6/h15H,7-14H2,1-6H3,(H2,21,22,26). The molecule has 0 bridgehead atoms. The number of imide groups is 1. The first-order valence-electron chi connectivity index (χ1n) is 9.78. The van der Waals surface area contributed by atoms with Crippen molar-refractivity contribution in [3.8, 4) is 0 Å². The predicted molar refractivity (Wildman–Crippen MR) is 104 cm³/mol. The Balaban J connectivity index is 2.17. The molecule has 1 unspecified atom stereocenters. The maximum Gasteiger partial charge on any atom is 0.314 e. The molecule has 1 aliphatic heterocycles.